The minimum atomic E-state index is 0.505. The molecule has 0 aliphatic heterocycles. The summed E-state index contributed by atoms with van der Waals surface area (Å²) in [5, 5.41) is 3.96. The zero-order chi connectivity index (χ0) is 13.4. The number of allylic oxidation sites excluding steroid dienone is 1. The average Bonchev–Trinajstić information content (AvgIpc) is 2.42. The number of oxime groups is 1. The molecule has 1 aromatic carbocycles. The van der Waals surface area contributed by atoms with Gasteiger partial charge < -0.3 is 9.57 Å². The summed E-state index contributed by atoms with van der Waals surface area (Å²) >= 11 is 0. The molecule has 0 heterocycles. The van der Waals surface area contributed by atoms with Crippen LogP contribution in [0.5, 0.6) is 5.75 Å². The van der Waals surface area contributed by atoms with Crippen molar-refractivity contribution in [2.45, 2.75) is 13.8 Å². The molecule has 0 saturated carbocycles. The predicted octanol–water partition coefficient (Wildman–Crippen LogP) is 3.68. The topological polar surface area (TPSA) is 30.8 Å². The smallest absolute Gasteiger partial charge is 0.119 e. The molecule has 0 radical (unpaired) electrons. The van der Waals surface area contributed by atoms with Gasteiger partial charge in [0.15, 0.2) is 0 Å². The van der Waals surface area contributed by atoms with Gasteiger partial charge in [0.05, 0.1) is 5.71 Å². The second-order valence-corrected chi connectivity index (χ2v) is 3.70. The van der Waals surface area contributed by atoms with Crippen LogP contribution in [0.15, 0.2) is 48.7 Å². The molecule has 0 saturated heterocycles. The standard InChI is InChI=1S/C15H19NO2/c1-5-11-17-15-9-7-14(8-10-15)12(3)13(4)16-18-6-2/h5,7-10H,1,3,6,11H2,2,4H3/b16-13+. The summed E-state index contributed by atoms with van der Waals surface area (Å²) < 4.78 is 5.41. The van der Waals surface area contributed by atoms with Crippen LogP contribution in [-0.2, 0) is 4.84 Å². The van der Waals surface area contributed by atoms with Crippen LogP contribution in [0.2, 0.25) is 0 Å². The third kappa shape index (κ3) is 4.09. The summed E-state index contributed by atoms with van der Waals surface area (Å²) in [7, 11) is 0. The Bertz CT molecular complexity index is 432. The number of nitrogens with zero attached hydrogens (tertiary/aromatic N) is 1. The Morgan fingerprint density at radius 1 is 1.33 bits per heavy atom. The first-order valence-electron chi connectivity index (χ1n) is 5.89. The van der Waals surface area contributed by atoms with Gasteiger partial charge in [-0.15, -0.1) is 0 Å². The normalized spacial score (nSPS) is 10.9. The highest BCUT2D eigenvalue weighted by molar-refractivity contribution is 6.21. The summed E-state index contributed by atoms with van der Waals surface area (Å²) in [5.74, 6) is 0.811. The lowest BCUT2D eigenvalue weighted by Crippen LogP contribution is -1.98. The third-order valence-electron chi connectivity index (χ3n) is 2.34. The Balaban J connectivity index is 2.72. The van der Waals surface area contributed by atoms with E-state index in [1.54, 1.807) is 6.08 Å². The van der Waals surface area contributed by atoms with Crippen molar-refractivity contribution in [3.05, 3.63) is 49.1 Å². The van der Waals surface area contributed by atoms with Gasteiger partial charge in [0.1, 0.15) is 19.0 Å². The zero-order valence-electron chi connectivity index (χ0n) is 11.0. The van der Waals surface area contributed by atoms with Crippen LogP contribution in [0.25, 0.3) is 5.57 Å². The van der Waals surface area contributed by atoms with E-state index in [1.807, 2.05) is 38.1 Å². The highest BCUT2D eigenvalue weighted by atomic mass is 16.6. The maximum atomic E-state index is 5.41. The molecule has 0 aromatic heterocycles. The number of benzene rings is 1. The van der Waals surface area contributed by atoms with E-state index in [1.165, 1.54) is 0 Å². The van der Waals surface area contributed by atoms with Crippen molar-refractivity contribution in [3.8, 4) is 5.75 Å². The summed E-state index contributed by atoms with van der Waals surface area (Å²) in [6.45, 7) is 12.4. The Labute approximate surface area is 108 Å². The van der Waals surface area contributed by atoms with E-state index in [4.69, 9.17) is 9.57 Å². The Morgan fingerprint density at radius 2 is 2.00 bits per heavy atom. The Morgan fingerprint density at radius 3 is 2.56 bits per heavy atom. The van der Waals surface area contributed by atoms with Gasteiger partial charge in [0, 0.05) is 0 Å². The molecule has 1 aromatic rings. The predicted molar refractivity (Wildman–Crippen MR) is 75.9 cm³/mol. The van der Waals surface area contributed by atoms with Crippen LogP contribution in [0, 0.1) is 0 Å². The zero-order valence-corrected chi connectivity index (χ0v) is 11.0. The number of hydrogen-bond acceptors (Lipinski definition) is 3. The molecule has 0 spiro atoms. The minimum absolute atomic E-state index is 0.505. The highest BCUT2D eigenvalue weighted by Gasteiger charge is 2.03. The maximum absolute atomic E-state index is 5.41. The van der Waals surface area contributed by atoms with Gasteiger partial charge in [-0.3, -0.25) is 0 Å². The number of ether oxygens (including phenoxy) is 1. The summed E-state index contributed by atoms with van der Waals surface area (Å²) in [4.78, 5) is 5.01. The fourth-order valence-electron chi connectivity index (χ4n) is 1.33. The van der Waals surface area contributed by atoms with Crippen molar-refractivity contribution in [1.82, 2.24) is 0 Å². The van der Waals surface area contributed by atoms with Crippen molar-refractivity contribution in [1.29, 1.82) is 0 Å². The Kier molecular flexibility index (Phi) is 5.71. The molecule has 3 heteroatoms. The molecule has 18 heavy (non-hydrogen) atoms. The molecule has 0 aliphatic carbocycles. The second kappa shape index (κ2) is 7.33. The lowest BCUT2D eigenvalue weighted by Gasteiger charge is -2.07. The monoisotopic (exact) mass is 245 g/mol. The van der Waals surface area contributed by atoms with Gasteiger partial charge in [-0.2, -0.15) is 0 Å². The molecular weight excluding hydrogens is 226 g/mol. The lowest BCUT2D eigenvalue weighted by molar-refractivity contribution is 0.159. The third-order valence-corrected chi connectivity index (χ3v) is 2.34. The van der Waals surface area contributed by atoms with Crippen molar-refractivity contribution in [2.24, 2.45) is 5.16 Å². The molecule has 0 fully saturated rings. The van der Waals surface area contributed by atoms with Crippen LogP contribution < -0.4 is 4.74 Å². The van der Waals surface area contributed by atoms with Crippen LogP contribution in [0.1, 0.15) is 19.4 Å². The van der Waals surface area contributed by atoms with E-state index < -0.39 is 0 Å². The first-order chi connectivity index (χ1) is 8.69. The maximum Gasteiger partial charge on any atom is 0.119 e. The van der Waals surface area contributed by atoms with Gasteiger partial charge >= 0.3 is 0 Å². The summed E-state index contributed by atoms with van der Waals surface area (Å²) in [6.07, 6.45) is 1.71. The van der Waals surface area contributed by atoms with E-state index in [2.05, 4.69) is 18.3 Å². The van der Waals surface area contributed by atoms with Crippen molar-refractivity contribution in [2.75, 3.05) is 13.2 Å². The molecule has 0 N–H and O–H groups in total. The van der Waals surface area contributed by atoms with Gasteiger partial charge in [0.25, 0.3) is 0 Å². The van der Waals surface area contributed by atoms with Crippen LogP contribution in [0.3, 0.4) is 0 Å². The average molecular weight is 245 g/mol. The van der Waals surface area contributed by atoms with Crippen molar-refractivity contribution in [3.63, 3.8) is 0 Å². The summed E-state index contributed by atoms with van der Waals surface area (Å²) in [6, 6.07) is 7.70. The fourth-order valence-corrected chi connectivity index (χ4v) is 1.33. The lowest BCUT2D eigenvalue weighted by atomic mass is 10.0. The number of rotatable bonds is 7. The van der Waals surface area contributed by atoms with E-state index in [-0.39, 0.29) is 0 Å². The minimum Gasteiger partial charge on any atom is -0.490 e. The number of hydrogen-bond donors (Lipinski definition) is 0. The molecule has 96 valence electrons. The van der Waals surface area contributed by atoms with Gasteiger partial charge in [0.2, 0.25) is 0 Å². The van der Waals surface area contributed by atoms with E-state index >= 15 is 0 Å². The fraction of sp³-hybridized carbons (Fsp3) is 0.267. The van der Waals surface area contributed by atoms with Gasteiger partial charge in [-0.25, -0.2) is 0 Å². The molecule has 0 bridgehead atoms. The molecular formula is C15H19NO2. The first-order valence-corrected chi connectivity index (χ1v) is 5.89. The van der Waals surface area contributed by atoms with Gasteiger partial charge in [-0.05, 0) is 37.1 Å². The van der Waals surface area contributed by atoms with Crippen LogP contribution in [0.4, 0.5) is 0 Å². The molecule has 0 atom stereocenters. The van der Waals surface area contributed by atoms with Crippen molar-refractivity contribution >= 4 is 11.3 Å². The van der Waals surface area contributed by atoms with E-state index in [9.17, 15) is 0 Å². The SMILES string of the molecule is C=CCOc1ccc(C(=C)/C(C)=N/OCC)cc1. The van der Waals surface area contributed by atoms with E-state index in [0.29, 0.717) is 13.2 Å². The molecule has 1 rings (SSSR count). The molecule has 0 unspecified atom stereocenters. The second-order valence-electron chi connectivity index (χ2n) is 3.70. The largest absolute Gasteiger partial charge is 0.490 e. The van der Waals surface area contributed by atoms with E-state index in [0.717, 1.165) is 22.6 Å². The Hall–Kier alpha value is -2.03. The molecule has 0 amide bonds. The van der Waals surface area contributed by atoms with Gasteiger partial charge in [-0.1, -0.05) is 36.5 Å². The summed E-state index contributed by atoms with van der Waals surface area (Å²) in [5.41, 5.74) is 2.62. The molecule has 3 nitrogen and oxygen atoms in total. The highest BCUT2D eigenvalue weighted by Crippen LogP contribution is 2.18. The quantitative estimate of drug-likeness (QED) is 0.417. The first kappa shape index (κ1) is 14.0. The van der Waals surface area contributed by atoms with Crippen LogP contribution in [-0.4, -0.2) is 18.9 Å². The van der Waals surface area contributed by atoms with Crippen molar-refractivity contribution < 1.29 is 9.57 Å². The molecule has 0 aliphatic rings. The van der Waals surface area contributed by atoms with Crippen LogP contribution >= 0.6 is 0 Å².